The van der Waals surface area contributed by atoms with Crippen LogP contribution in [0.4, 0.5) is 0 Å². The number of carbonyl (C=O) groups is 1. The zero-order chi connectivity index (χ0) is 12.1. The van der Waals surface area contributed by atoms with Crippen molar-refractivity contribution < 1.29 is 4.79 Å². The Morgan fingerprint density at radius 3 is 2.56 bits per heavy atom. The van der Waals surface area contributed by atoms with Crippen LogP contribution in [0.5, 0.6) is 0 Å². The first-order chi connectivity index (χ1) is 7.56. The summed E-state index contributed by atoms with van der Waals surface area (Å²) >= 11 is 0. The van der Waals surface area contributed by atoms with E-state index in [0.717, 1.165) is 25.9 Å². The van der Waals surface area contributed by atoms with Crippen LogP contribution < -0.4 is 5.73 Å². The highest BCUT2D eigenvalue weighted by molar-refractivity contribution is 5.81. The van der Waals surface area contributed by atoms with Crippen molar-refractivity contribution in [1.82, 2.24) is 9.80 Å². The van der Waals surface area contributed by atoms with Crippen molar-refractivity contribution in [3.05, 3.63) is 12.7 Å². The molecule has 1 amide bonds. The van der Waals surface area contributed by atoms with Crippen molar-refractivity contribution in [2.24, 2.45) is 5.73 Å². The maximum absolute atomic E-state index is 11.9. The Morgan fingerprint density at radius 1 is 1.56 bits per heavy atom. The molecule has 1 atom stereocenters. The minimum absolute atomic E-state index is 0.0668. The summed E-state index contributed by atoms with van der Waals surface area (Å²) in [5, 5.41) is 0. The van der Waals surface area contributed by atoms with Crippen molar-refractivity contribution in [2.75, 3.05) is 27.2 Å². The quantitative estimate of drug-likeness (QED) is 0.706. The highest BCUT2D eigenvalue weighted by Crippen LogP contribution is 2.15. The maximum atomic E-state index is 11.9. The average Bonchev–Trinajstić information content (AvgIpc) is 2.28. The lowest BCUT2D eigenvalue weighted by molar-refractivity contribution is -0.134. The molecule has 92 valence electrons. The molecule has 1 heterocycles. The zero-order valence-electron chi connectivity index (χ0n) is 10.4. The molecule has 0 aromatic heterocycles. The van der Waals surface area contributed by atoms with E-state index in [0.29, 0.717) is 12.5 Å². The summed E-state index contributed by atoms with van der Waals surface area (Å²) in [7, 11) is 4.18. The van der Waals surface area contributed by atoms with Gasteiger partial charge in [0.05, 0.1) is 6.04 Å². The highest BCUT2D eigenvalue weighted by Gasteiger charge is 2.26. The number of amides is 1. The van der Waals surface area contributed by atoms with Crippen LogP contribution >= 0.6 is 0 Å². The van der Waals surface area contributed by atoms with E-state index in [2.05, 4.69) is 25.6 Å². The van der Waals surface area contributed by atoms with Crippen LogP contribution in [0.3, 0.4) is 0 Å². The Labute approximate surface area is 98.1 Å². The molecule has 1 unspecified atom stereocenters. The van der Waals surface area contributed by atoms with Gasteiger partial charge in [-0.2, -0.15) is 0 Å². The topological polar surface area (TPSA) is 49.6 Å². The lowest BCUT2D eigenvalue weighted by Crippen LogP contribution is -2.49. The van der Waals surface area contributed by atoms with Crippen LogP contribution in [0.25, 0.3) is 0 Å². The van der Waals surface area contributed by atoms with Gasteiger partial charge in [-0.15, -0.1) is 6.58 Å². The third kappa shape index (κ3) is 3.32. The summed E-state index contributed by atoms with van der Waals surface area (Å²) in [6.07, 6.45) is 4.35. The first kappa shape index (κ1) is 13.2. The minimum Gasteiger partial charge on any atom is -0.341 e. The second-order valence-corrected chi connectivity index (χ2v) is 4.65. The highest BCUT2D eigenvalue weighted by atomic mass is 16.2. The predicted octanol–water partition coefficient (Wildman–Crippen LogP) is 0.442. The van der Waals surface area contributed by atoms with E-state index < -0.39 is 6.04 Å². The fourth-order valence-electron chi connectivity index (χ4n) is 2.12. The standard InChI is InChI=1S/C12H23N3O/c1-4-5-11(13)12(16)15-8-6-10(7-9-15)14(2)3/h4,10-11H,1,5-9,13H2,2-3H3. The predicted molar refractivity (Wildman–Crippen MR) is 66.1 cm³/mol. The molecule has 0 saturated carbocycles. The van der Waals surface area contributed by atoms with E-state index in [1.165, 1.54) is 0 Å². The van der Waals surface area contributed by atoms with Crippen molar-refractivity contribution in [3.8, 4) is 0 Å². The van der Waals surface area contributed by atoms with Crippen LogP contribution in [0, 0.1) is 0 Å². The van der Waals surface area contributed by atoms with Crippen LogP contribution in [0.2, 0.25) is 0 Å². The second-order valence-electron chi connectivity index (χ2n) is 4.65. The number of hydrogen-bond donors (Lipinski definition) is 1. The molecule has 0 aromatic carbocycles. The Bertz CT molecular complexity index is 245. The Morgan fingerprint density at radius 2 is 2.12 bits per heavy atom. The fraction of sp³-hybridized carbons (Fsp3) is 0.750. The third-order valence-electron chi connectivity index (χ3n) is 3.24. The molecule has 0 aromatic rings. The molecule has 0 spiro atoms. The first-order valence-corrected chi connectivity index (χ1v) is 5.88. The smallest absolute Gasteiger partial charge is 0.239 e. The van der Waals surface area contributed by atoms with Gasteiger partial charge < -0.3 is 15.5 Å². The van der Waals surface area contributed by atoms with E-state index in [-0.39, 0.29) is 5.91 Å². The van der Waals surface area contributed by atoms with Crippen LogP contribution in [-0.2, 0) is 4.79 Å². The minimum atomic E-state index is -0.409. The lowest BCUT2D eigenvalue weighted by atomic mass is 10.0. The molecule has 1 aliphatic heterocycles. The monoisotopic (exact) mass is 225 g/mol. The fourth-order valence-corrected chi connectivity index (χ4v) is 2.12. The van der Waals surface area contributed by atoms with Gasteiger partial charge in [0.25, 0.3) is 0 Å². The van der Waals surface area contributed by atoms with Crippen LogP contribution in [0.1, 0.15) is 19.3 Å². The number of likely N-dealkylation sites (tertiary alicyclic amines) is 1. The van der Waals surface area contributed by atoms with Gasteiger partial charge in [0.15, 0.2) is 0 Å². The van der Waals surface area contributed by atoms with Crippen molar-refractivity contribution >= 4 is 5.91 Å². The molecular formula is C12H23N3O. The maximum Gasteiger partial charge on any atom is 0.239 e. The first-order valence-electron chi connectivity index (χ1n) is 5.88. The van der Waals surface area contributed by atoms with E-state index >= 15 is 0 Å². The average molecular weight is 225 g/mol. The molecule has 1 rings (SSSR count). The SMILES string of the molecule is C=CCC(N)C(=O)N1CCC(N(C)C)CC1. The molecule has 1 saturated heterocycles. The lowest BCUT2D eigenvalue weighted by Gasteiger charge is -2.36. The molecular weight excluding hydrogens is 202 g/mol. The molecule has 2 N–H and O–H groups in total. The zero-order valence-corrected chi connectivity index (χ0v) is 10.4. The van der Waals surface area contributed by atoms with Crippen molar-refractivity contribution in [1.29, 1.82) is 0 Å². The number of nitrogens with zero attached hydrogens (tertiary/aromatic N) is 2. The van der Waals surface area contributed by atoms with Gasteiger partial charge in [-0.25, -0.2) is 0 Å². The number of piperidine rings is 1. The molecule has 0 bridgehead atoms. The molecule has 1 fully saturated rings. The van der Waals surface area contributed by atoms with Gasteiger partial charge in [-0.1, -0.05) is 6.08 Å². The molecule has 0 aliphatic carbocycles. The number of hydrogen-bond acceptors (Lipinski definition) is 3. The summed E-state index contributed by atoms with van der Waals surface area (Å²) in [6, 6.07) is 0.188. The molecule has 1 aliphatic rings. The van der Waals surface area contributed by atoms with Crippen molar-refractivity contribution in [3.63, 3.8) is 0 Å². The Hall–Kier alpha value is -0.870. The Kier molecular flexibility index (Phi) is 4.96. The molecule has 4 heteroatoms. The van der Waals surface area contributed by atoms with Gasteiger partial charge in [0, 0.05) is 19.1 Å². The normalized spacial score (nSPS) is 19.9. The molecule has 0 radical (unpaired) electrons. The van der Waals surface area contributed by atoms with Gasteiger partial charge in [-0.05, 0) is 33.4 Å². The van der Waals surface area contributed by atoms with E-state index in [9.17, 15) is 4.79 Å². The third-order valence-corrected chi connectivity index (χ3v) is 3.24. The molecule has 4 nitrogen and oxygen atoms in total. The van der Waals surface area contributed by atoms with Crippen LogP contribution in [0.15, 0.2) is 12.7 Å². The summed E-state index contributed by atoms with van der Waals surface area (Å²) < 4.78 is 0. The van der Waals surface area contributed by atoms with Crippen molar-refractivity contribution in [2.45, 2.75) is 31.3 Å². The van der Waals surface area contributed by atoms with Gasteiger partial charge >= 0.3 is 0 Å². The largest absolute Gasteiger partial charge is 0.341 e. The number of rotatable bonds is 4. The van der Waals surface area contributed by atoms with E-state index in [1.54, 1.807) is 6.08 Å². The number of carbonyl (C=O) groups excluding carboxylic acids is 1. The van der Waals surface area contributed by atoms with Gasteiger partial charge in [0.2, 0.25) is 5.91 Å². The van der Waals surface area contributed by atoms with E-state index in [1.807, 2.05) is 4.90 Å². The van der Waals surface area contributed by atoms with Gasteiger partial charge in [-0.3, -0.25) is 4.79 Å². The summed E-state index contributed by atoms with van der Waals surface area (Å²) in [6.45, 7) is 5.26. The Balaban J connectivity index is 2.41. The molecule has 16 heavy (non-hydrogen) atoms. The second kappa shape index (κ2) is 6.01. The van der Waals surface area contributed by atoms with Crippen LogP contribution in [-0.4, -0.2) is 55.0 Å². The number of nitrogens with two attached hydrogens (primary N) is 1. The van der Waals surface area contributed by atoms with E-state index in [4.69, 9.17) is 5.73 Å². The summed E-state index contributed by atoms with van der Waals surface area (Å²) in [4.78, 5) is 16.0. The summed E-state index contributed by atoms with van der Waals surface area (Å²) in [5.41, 5.74) is 5.78. The summed E-state index contributed by atoms with van der Waals surface area (Å²) in [5.74, 6) is 0.0668. The van der Waals surface area contributed by atoms with Gasteiger partial charge in [0.1, 0.15) is 0 Å².